The van der Waals surface area contributed by atoms with Crippen LogP contribution in [0.5, 0.6) is 5.88 Å². The van der Waals surface area contributed by atoms with Gasteiger partial charge in [-0.05, 0) is 19.8 Å². The first-order valence-corrected chi connectivity index (χ1v) is 6.94. The Labute approximate surface area is 109 Å². The summed E-state index contributed by atoms with van der Waals surface area (Å²) < 4.78 is 5.18. The van der Waals surface area contributed by atoms with E-state index in [2.05, 4.69) is 15.3 Å². The number of aryl methyl sites for hydroxylation is 1. The van der Waals surface area contributed by atoms with E-state index < -0.39 is 0 Å². The van der Waals surface area contributed by atoms with Crippen LogP contribution in [0.15, 0.2) is 6.07 Å². The largest absolute Gasteiger partial charge is 0.481 e. The maximum absolute atomic E-state index is 5.18. The van der Waals surface area contributed by atoms with Crippen LogP contribution >= 0.6 is 0 Å². The van der Waals surface area contributed by atoms with Gasteiger partial charge in [-0.25, -0.2) is 4.98 Å². The van der Waals surface area contributed by atoms with Crippen molar-refractivity contribution in [2.75, 3.05) is 12.4 Å². The van der Waals surface area contributed by atoms with Gasteiger partial charge in [0.15, 0.2) is 0 Å². The standard InChI is InChI=1S/C14H23N3O/c1-11-10-13(18-2)17-14(15-11)16-12-8-6-4-3-5-7-9-12/h10,12H,3-9H2,1-2H3,(H,15,16,17). The molecule has 1 heterocycles. The van der Waals surface area contributed by atoms with Crippen LogP contribution in [0.25, 0.3) is 0 Å². The third-order valence-electron chi connectivity index (χ3n) is 3.48. The van der Waals surface area contributed by atoms with E-state index in [1.807, 2.05) is 13.0 Å². The number of hydrogen-bond acceptors (Lipinski definition) is 4. The molecule has 1 aromatic heterocycles. The normalized spacial score (nSPS) is 17.9. The van der Waals surface area contributed by atoms with Crippen molar-refractivity contribution >= 4 is 5.95 Å². The minimum Gasteiger partial charge on any atom is -0.481 e. The third kappa shape index (κ3) is 3.86. The Morgan fingerprint density at radius 1 is 1.11 bits per heavy atom. The molecular weight excluding hydrogens is 226 g/mol. The lowest BCUT2D eigenvalue weighted by molar-refractivity contribution is 0.396. The molecule has 0 aromatic carbocycles. The summed E-state index contributed by atoms with van der Waals surface area (Å²) in [4.78, 5) is 8.78. The molecule has 0 bridgehead atoms. The van der Waals surface area contributed by atoms with E-state index >= 15 is 0 Å². The molecule has 0 spiro atoms. The Morgan fingerprint density at radius 3 is 2.44 bits per heavy atom. The quantitative estimate of drug-likeness (QED) is 0.892. The zero-order chi connectivity index (χ0) is 12.8. The molecular formula is C14H23N3O. The van der Waals surface area contributed by atoms with E-state index in [-0.39, 0.29) is 0 Å². The molecule has 1 fully saturated rings. The van der Waals surface area contributed by atoms with E-state index in [0.29, 0.717) is 17.9 Å². The maximum Gasteiger partial charge on any atom is 0.226 e. The summed E-state index contributed by atoms with van der Waals surface area (Å²) in [5.74, 6) is 1.34. The highest BCUT2D eigenvalue weighted by molar-refractivity contribution is 5.31. The van der Waals surface area contributed by atoms with Crippen molar-refractivity contribution in [3.8, 4) is 5.88 Å². The van der Waals surface area contributed by atoms with Gasteiger partial charge in [-0.2, -0.15) is 4.98 Å². The molecule has 4 nitrogen and oxygen atoms in total. The van der Waals surface area contributed by atoms with Gasteiger partial charge in [-0.3, -0.25) is 0 Å². The highest BCUT2D eigenvalue weighted by Crippen LogP contribution is 2.20. The zero-order valence-electron chi connectivity index (χ0n) is 11.4. The van der Waals surface area contributed by atoms with Crippen LogP contribution in [0.1, 0.15) is 50.6 Å². The summed E-state index contributed by atoms with van der Waals surface area (Å²) in [6, 6.07) is 2.36. The van der Waals surface area contributed by atoms with Crippen LogP contribution in [0.4, 0.5) is 5.95 Å². The monoisotopic (exact) mass is 249 g/mol. The van der Waals surface area contributed by atoms with Gasteiger partial charge < -0.3 is 10.1 Å². The lowest BCUT2D eigenvalue weighted by Crippen LogP contribution is -2.22. The van der Waals surface area contributed by atoms with Crippen LogP contribution in [-0.4, -0.2) is 23.1 Å². The Balaban J connectivity index is 2.00. The van der Waals surface area contributed by atoms with Crippen molar-refractivity contribution in [3.05, 3.63) is 11.8 Å². The zero-order valence-corrected chi connectivity index (χ0v) is 11.4. The van der Waals surface area contributed by atoms with Gasteiger partial charge in [0.25, 0.3) is 0 Å². The molecule has 0 aliphatic heterocycles. The summed E-state index contributed by atoms with van der Waals surface area (Å²) in [5.41, 5.74) is 0.940. The lowest BCUT2D eigenvalue weighted by Gasteiger charge is -2.21. The molecule has 1 saturated carbocycles. The molecule has 0 unspecified atom stereocenters. The second-order valence-electron chi connectivity index (χ2n) is 5.06. The van der Waals surface area contributed by atoms with Gasteiger partial charge in [0.1, 0.15) is 0 Å². The van der Waals surface area contributed by atoms with Crippen LogP contribution < -0.4 is 10.1 Å². The molecule has 1 N–H and O–H groups in total. The SMILES string of the molecule is COc1cc(C)nc(NC2CCCCCCC2)n1. The van der Waals surface area contributed by atoms with Crippen molar-refractivity contribution in [3.63, 3.8) is 0 Å². The molecule has 0 amide bonds. The van der Waals surface area contributed by atoms with E-state index in [4.69, 9.17) is 4.74 Å². The molecule has 2 rings (SSSR count). The number of nitrogens with zero attached hydrogens (tertiary/aromatic N) is 2. The first-order chi connectivity index (χ1) is 8.78. The molecule has 0 saturated heterocycles. The average molecular weight is 249 g/mol. The van der Waals surface area contributed by atoms with Crippen molar-refractivity contribution in [2.24, 2.45) is 0 Å². The molecule has 1 aliphatic rings. The number of nitrogens with one attached hydrogen (secondary N) is 1. The van der Waals surface area contributed by atoms with Gasteiger partial charge >= 0.3 is 0 Å². The molecule has 0 atom stereocenters. The predicted octanol–water partition coefficient (Wildman–Crippen LogP) is 3.32. The van der Waals surface area contributed by atoms with Crippen LogP contribution in [0, 0.1) is 6.92 Å². The predicted molar refractivity (Wildman–Crippen MR) is 73.1 cm³/mol. The number of methoxy groups -OCH3 is 1. The Bertz CT molecular complexity index is 373. The summed E-state index contributed by atoms with van der Waals surface area (Å²) in [6.07, 6.45) is 9.16. The number of anilines is 1. The molecule has 0 radical (unpaired) electrons. The Kier molecular flexibility index (Phi) is 4.79. The number of aromatic nitrogens is 2. The molecule has 4 heteroatoms. The maximum atomic E-state index is 5.18. The summed E-state index contributed by atoms with van der Waals surface area (Å²) in [7, 11) is 1.64. The number of ether oxygens (including phenoxy) is 1. The van der Waals surface area contributed by atoms with Gasteiger partial charge in [-0.15, -0.1) is 0 Å². The Hall–Kier alpha value is -1.32. The Morgan fingerprint density at radius 2 is 1.78 bits per heavy atom. The fourth-order valence-corrected chi connectivity index (χ4v) is 2.49. The van der Waals surface area contributed by atoms with Crippen LogP contribution in [-0.2, 0) is 0 Å². The third-order valence-corrected chi connectivity index (χ3v) is 3.48. The fourth-order valence-electron chi connectivity index (χ4n) is 2.49. The minimum atomic E-state index is 0.511. The van der Waals surface area contributed by atoms with E-state index in [0.717, 1.165) is 5.69 Å². The molecule has 1 aromatic rings. The number of hydrogen-bond donors (Lipinski definition) is 1. The van der Waals surface area contributed by atoms with Gasteiger partial charge in [0.2, 0.25) is 11.8 Å². The molecule has 18 heavy (non-hydrogen) atoms. The second kappa shape index (κ2) is 6.57. The smallest absolute Gasteiger partial charge is 0.226 e. The van der Waals surface area contributed by atoms with E-state index in [1.54, 1.807) is 7.11 Å². The highest BCUT2D eigenvalue weighted by Gasteiger charge is 2.13. The van der Waals surface area contributed by atoms with Gasteiger partial charge in [0, 0.05) is 17.8 Å². The van der Waals surface area contributed by atoms with Crippen molar-refractivity contribution in [1.29, 1.82) is 0 Å². The first kappa shape index (κ1) is 13.1. The summed E-state index contributed by atoms with van der Waals surface area (Å²) in [5, 5.41) is 3.46. The lowest BCUT2D eigenvalue weighted by atomic mass is 9.97. The first-order valence-electron chi connectivity index (χ1n) is 6.94. The van der Waals surface area contributed by atoms with E-state index in [1.165, 1.54) is 44.9 Å². The van der Waals surface area contributed by atoms with Gasteiger partial charge in [-0.1, -0.05) is 32.1 Å². The van der Waals surface area contributed by atoms with E-state index in [9.17, 15) is 0 Å². The van der Waals surface area contributed by atoms with Gasteiger partial charge in [0.05, 0.1) is 7.11 Å². The van der Waals surface area contributed by atoms with Crippen molar-refractivity contribution in [2.45, 2.75) is 57.9 Å². The number of rotatable bonds is 3. The van der Waals surface area contributed by atoms with Crippen molar-refractivity contribution < 1.29 is 4.74 Å². The summed E-state index contributed by atoms with van der Waals surface area (Å²) >= 11 is 0. The topological polar surface area (TPSA) is 47.0 Å². The second-order valence-corrected chi connectivity index (χ2v) is 5.06. The fraction of sp³-hybridized carbons (Fsp3) is 0.714. The highest BCUT2D eigenvalue weighted by atomic mass is 16.5. The van der Waals surface area contributed by atoms with Crippen LogP contribution in [0.3, 0.4) is 0 Å². The molecule has 100 valence electrons. The van der Waals surface area contributed by atoms with Crippen molar-refractivity contribution in [1.82, 2.24) is 9.97 Å². The minimum absolute atomic E-state index is 0.511. The molecule has 1 aliphatic carbocycles. The average Bonchev–Trinajstić information content (AvgIpc) is 2.31. The van der Waals surface area contributed by atoms with Crippen LogP contribution in [0.2, 0.25) is 0 Å². The summed E-state index contributed by atoms with van der Waals surface area (Å²) in [6.45, 7) is 1.97.